The Morgan fingerprint density at radius 2 is 2.21 bits per heavy atom. The zero-order chi connectivity index (χ0) is 14.3. The summed E-state index contributed by atoms with van der Waals surface area (Å²) in [4.78, 5) is 13.8. The number of carbonyl (C=O) groups is 1. The first-order chi connectivity index (χ1) is 9.06. The third kappa shape index (κ3) is 5.36. The summed E-state index contributed by atoms with van der Waals surface area (Å²) in [6.07, 6.45) is 0.639. The molecule has 2 N–H and O–H groups in total. The normalized spacial score (nSPS) is 10.8. The molecule has 0 aliphatic carbocycles. The van der Waals surface area contributed by atoms with Gasteiger partial charge >= 0.3 is 0 Å². The number of hydrogen-bond donors (Lipinski definition) is 2. The number of benzene rings is 1. The Morgan fingerprint density at radius 1 is 1.47 bits per heavy atom. The van der Waals surface area contributed by atoms with E-state index in [1.165, 1.54) is 12.1 Å². The maximum Gasteiger partial charge on any atom is 0.238 e. The quantitative estimate of drug-likeness (QED) is 0.792. The maximum atomic E-state index is 13.1. The number of rotatable bonds is 7. The van der Waals surface area contributed by atoms with E-state index < -0.39 is 0 Å². The second kappa shape index (κ2) is 7.86. The zero-order valence-electron chi connectivity index (χ0n) is 11.4. The van der Waals surface area contributed by atoms with Crippen molar-refractivity contribution in [1.29, 1.82) is 0 Å². The van der Waals surface area contributed by atoms with Gasteiger partial charge in [0.05, 0.1) is 6.54 Å². The van der Waals surface area contributed by atoms with Gasteiger partial charge in [0.25, 0.3) is 0 Å². The molecule has 0 atom stereocenters. The average Bonchev–Trinajstić information content (AvgIpc) is 2.38. The molecule has 0 saturated heterocycles. The Kier molecular flexibility index (Phi) is 6.45. The first-order valence-corrected chi connectivity index (χ1v) is 6.46. The zero-order valence-corrected chi connectivity index (χ0v) is 11.4. The Bertz CT molecular complexity index is 424. The second-order valence-electron chi connectivity index (χ2n) is 4.45. The van der Waals surface area contributed by atoms with Gasteiger partial charge in [-0.3, -0.25) is 9.69 Å². The van der Waals surface area contributed by atoms with Crippen molar-refractivity contribution in [3.63, 3.8) is 0 Å². The van der Waals surface area contributed by atoms with Crippen LogP contribution in [0.5, 0.6) is 0 Å². The van der Waals surface area contributed by atoms with Gasteiger partial charge in [0.1, 0.15) is 5.82 Å². The van der Waals surface area contributed by atoms with Gasteiger partial charge in [-0.25, -0.2) is 4.39 Å². The predicted octanol–water partition coefficient (Wildman–Crippen LogP) is 1.78. The lowest BCUT2D eigenvalue weighted by Crippen LogP contribution is -2.34. The highest BCUT2D eigenvalue weighted by Gasteiger charge is 2.10. The van der Waals surface area contributed by atoms with Crippen LogP contribution in [0.25, 0.3) is 0 Å². The number of likely N-dealkylation sites (N-methyl/N-ethyl adjacent to an activating group) is 1. The monoisotopic (exact) mass is 268 g/mol. The van der Waals surface area contributed by atoms with Crippen LogP contribution in [0.15, 0.2) is 18.2 Å². The minimum atomic E-state index is -0.367. The minimum Gasteiger partial charge on any atom is -0.396 e. The standard InChI is InChI=1S/C14H21FN2O2/c1-3-17(7-4-8-18)10-14(19)16-13-9-12(15)6-5-11(13)2/h5-6,9,18H,3-4,7-8,10H2,1-2H3,(H,16,19). The van der Waals surface area contributed by atoms with Crippen LogP contribution in [0.3, 0.4) is 0 Å². The fraction of sp³-hybridized carbons (Fsp3) is 0.500. The highest BCUT2D eigenvalue weighted by molar-refractivity contribution is 5.92. The highest BCUT2D eigenvalue weighted by Crippen LogP contribution is 2.15. The number of amides is 1. The molecule has 0 aliphatic rings. The van der Waals surface area contributed by atoms with E-state index in [1.54, 1.807) is 6.07 Å². The number of nitrogens with one attached hydrogen (secondary N) is 1. The molecule has 0 aliphatic heterocycles. The Balaban J connectivity index is 2.56. The number of nitrogens with zero attached hydrogens (tertiary/aromatic N) is 1. The van der Waals surface area contributed by atoms with Crippen molar-refractivity contribution in [2.24, 2.45) is 0 Å². The predicted molar refractivity (Wildman–Crippen MR) is 73.6 cm³/mol. The van der Waals surface area contributed by atoms with Crippen molar-refractivity contribution in [3.8, 4) is 0 Å². The van der Waals surface area contributed by atoms with Crippen LogP contribution in [0, 0.1) is 12.7 Å². The molecule has 19 heavy (non-hydrogen) atoms. The Morgan fingerprint density at radius 3 is 2.84 bits per heavy atom. The van der Waals surface area contributed by atoms with Gasteiger partial charge in [0.15, 0.2) is 0 Å². The summed E-state index contributed by atoms with van der Waals surface area (Å²) >= 11 is 0. The van der Waals surface area contributed by atoms with Crippen LogP contribution in [-0.2, 0) is 4.79 Å². The van der Waals surface area contributed by atoms with Crippen molar-refractivity contribution in [1.82, 2.24) is 4.90 Å². The second-order valence-corrected chi connectivity index (χ2v) is 4.45. The van der Waals surface area contributed by atoms with Gasteiger partial charge in [0.2, 0.25) is 5.91 Å². The minimum absolute atomic E-state index is 0.112. The molecule has 1 aromatic carbocycles. The molecule has 0 spiro atoms. The van der Waals surface area contributed by atoms with Gasteiger partial charge in [-0.05, 0) is 37.6 Å². The molecule has 0 bridgehead atoms. The average molecular weight is 268 g/mol. The summed E-state index contributed by atoms with van der Waals surface area (Å²) in [6.45, 7) is 5.53. The van der Waals surface area contributed by atoms with E-state index in [0.29, 0.717) is 18.7 Å². The summed E-state index contributed by atoms with van der Waals surface area (Å²) in [5.74, 6) is -0.540. The molecule has 5 heteroatoms. The SMILES string of the molecule is CCN(CCCO)CC(=O)Nc1cc(F)ccc1C. The van der Waals surface area contributed by atoms with E-state index in [4.69, 9.17) is 5.11 Å². The molecule has 0 aromatic heterocycles. The molecule has 0 unspecified atom stereocenters. The van der Waals surface area contributed by atoms with E-state index in [-0.39, 0.29) is 24.9 Å². The molecular formula is C14H21FN2O2. The topological polar surface area (TPSA) is 52.6 Å². The lowest BCUT2D eigenvalue weighted by Gasteiger charge is -2.19. The van der Waals surface area contributed by atoms with Crippen molar-refractivity contribution in [2.45, 2.75) is 20.3 Å². The van der Waals surface area contributed by atoms with Crippen LogP contribution in [-0.4, -0.2) is 42.2 Å². The Labute approximate surface area is 113 Å². The summed E-state index contributed by atoms with van der Waals surface area (Å²) < 4.78 is 13.1. The third-order valence-electron chi connectivity index (χ3n) is 2.92. The van der Waals surface area contributed by atoms with E-state index >= 15 is 0 Å². The van der Waals surface area contributed by atoms with Crippen molar-refractivity contribution in [3.05, 3.63) is 29.6 Å². The molecule has 106 valence electrons. The van der Waals surface area contributed by atoms with E-state index in [2.05, 4.69) is 5.32 Å². The summed E-state index contributed by atoms with van der Waals surface area (Å²) in [7, 11) is 0. The molecule has 1 aromatic rings. The number of aliphatic hydroxyl groups excluding tert-OH is 1. The largest absolute Gasteiger partial charge is 0.396 e. The van der Waals surface area contributed by atoms with E-state index in [9.17, 15) is 9.18 Å². The molecule has 0 saturated carbocycles. The van der Waals surface area contributed by atoms with Gasteiger partial charge in [-0.2, -0.15) is 0 Å². The van der Waals surface area contributed by atoms with Gasteiger partial charge in [0, 0.05) is 18.8 Å². The molecule has 4 nitrogen and oxygen atoms in total. The van der Waals surface area contributed by atoms with Gasteiger partial charge in [-0.15, -0.1) is 0 Å². The third-order valence-corrected chi connectivity index (χ3v) is 2.92. The molecule has 1 amide bonds. The lowest BCUT2D eigenvalue weighted by atomic mass is 10.2. The first kappa shape index (κ1) is 15.6. The number of anilines is 1. The lowest BCUT2D eigenvalue weighted by molar-refractivity contribution is -0.117. The maximum absolute atomic E-state index is 13.1. The van der Waals surface area contributed by atoms with Crippen molar-refractivity contribution >= 4 is 11.6 Å². The fourth-order valence-electron chi connectivity index (χ4n) is 1.77. The van der Waals surface area contributed by atoms with E-state index in [1.807, 2.05) is 18.7 Å². The van der Waals surface area contributed by atoms with Crippen LogP contribution in [0.2, 0.25) is 0 Å². The summed E-state index contributed by atoms with van der Waals surface area (Å²) in [6, 6.07) is 4.32. The number of carbonyl (C=O) groups excluding carboxylic acids is 1. The van der Waals surface area contributed by atoms with Crippen LogP contribution < -0.4 is 5.32 Å². The molecule has 0 radical (unpaired) electrons. The Hall–Kier alpha value is -1.46. The number of hydrogen-bond acceptors (Lipinski definition) is 3. The molecule has 1 rings (SSSR count). The molecule has 0 heterocycles. The highest BCUT2D eigenvalue weighted by atomic mass is 19.1. The van der Waals surface area contributed by atoms with Crippen LogP contribution in [0.1, 0.15) is 18.9 Å². The van der Waals surface area contributed by atoms with Gasteiger partial charge < -0.3 is 10.4 Å². The fourth-order valence-corrected chi connectivity index (χ4v) is 1.77. The van der Waals surface area contributed by atoms with Crippen molar-refractivity contribution in [2.75, 3.05) is 31.6 Å². The van der Waals surface area contributed by atoms with Crippen molar-refractivity contribution < 1.29 is 14.3 Å². The summed E-state index contributed by atoms with van der Waals surface area (Å²) in [5, 5.41) is 11.5. The number of aryl methyl sites for hydroxylation is 1. The summed E-state index contributed by atoms with van der Waals surface area (Å²) in [5.41, 5.74) is 1.33. The number of halogens is 1. The smallest absolute Gasteiger partial charge is 0.238 e. The number of aliphatic hydroxyl groups is 1. The molecule has 0 fully saturated rings. The van der Waals surface area contributed by atoms with E-state index in [0.717, 1.165) is 12.1 Å². The van der Waals surface area contributed by atoms with Crippen LogP contribution >= 0.6 is 0 Å². The first-order valence-electron chi connectivity index (χ1n) is 6.46. The van der Waals surface area contributed by atoms with Crippen LogP contribution in [0.4, 0.5) is 10.1 Å². The molecular weight excluding hydrogens is 247 g/mol. The van der Waals surface area contributed by atoms with Gasteiger partial charge in [-0.1, -0.05) is 13.0 Å².